The number of allylic oxidation sites excluding steroid dienone is 1. The molecule has 0 aromatic heterocycles. The van der Waals surface area contributed by atoms with Gasteiger partial charge in [0.25, 0.3) is 0 Å². The number of carboxylic acid groups (broad SMARTS) is 1. The highest BCUT2D eigenvalue weighted by molar-refractivity contribution is 5.99. The van der Waals surface area contributed by atoms with Crippen molar-refractivity contribution in [1.82, 2.24) is 0 Å². The fourth-order valence-corrected chi connectivity index (χ4v) is 3.64. The molecule has 0 heterocycles. The summed E-state index contributed by atoms with van der Waals surface area (Å²) in [5.74, 6) is -1.86. The molecule has 3 rings (SSSR count). The molecule has 8 heteroatoms. The molecule has 0 aliphatic carbocycles. The zero-order valence-corrected chi connectivity index (χ0v) is 18.3. The van der Waals surface area contributed by atoms with Crippen molar-refractivity contribution >= 4 is 17.1 Å². The lowest BCUT2D eigenvalue weighted by Crippen LogP contribution is -2.14. The van der Waals surface area contributed by atoms with Crippen LogP contribution in [0.15, 0.2) is 66.7 Å². The van der Waals surface area contributed by atoms with Crippen LogP contribution in [0.3, 0.4) is 0 Å². The first-order valence-electron chi connectivity index (χ1n) is 10.5. The van der Waals surface area contributed by atoms with Crippen molar-refractivity contribution in [2.75, 3.05) is 6.61 Å². The minimum absolute atomic E-state index is 0.0464. The largest absolute Gasteiger partial charge is 0.508 e. The third-order valence-corrected chi connectivity index (χ3v) is 5.10. The number of hydrogen-bond donors (Lipinski definition) is 3. The molecule has 0 spiro atoms. The van der Waals surface area contributed by atoms with Crippen molar-refractivity contribution in [3.05, 3.63) is 89.0 Å². The molecule has 178 valence electrons. The number of benzene rings is 3. The molecule has 3 N–H and O–H groups in total. The molecule has 5 nitrogen and oxygen atoms in total. The Labute approximate surface area is 194 Å². The predicted octanol–water partition coefficient (Wildman–Crippen LogP) is 6.34. The summed E-state index contributed by atoms with van der Waals surface area (Å²) in [6, 6.07) is 16.2. The standard InChI is InChI=1S/C26H23F3O5/c1-2-3-21(18-8-13-23(34-15-24(32)33)22(14-18)26(27,28)29)25(16-4-9-19(30)10-5-16)17-6-11-20(31)12-7-17/h4-14,30-31H,2-3,15H2,1H3,(H,32,33). The first-order valence-corrected chi connectivity index (χ1v) is 10.5. The van der Waals surface area contributed by atoms with Gasteiger partial charge in [0.15, 0.2) is 6.61 Å². The van der Waals surface area contributed by atoms with E-state index in [9.17, 15) is 28.2 Å². The molecule has 34 heavy (non-hydrogen) atoms. The number of carboxylic acids is 1. The summed E-state index contributed by atoms with van der Waals surface area (Å²) < 4.78 is 46.4. The molecule has 0 unspecified atom stereocenters. The fraction of sp³-hybridized carbons (Fsp3) is 0.192. The van der Waals surface area contributed by atoms with E-state index in [1.54, 1.807) is 24.3 Å². The van der Waals surface area contributed by atoms with Gasteiger partial charge in [0.2, 0.25) is 0 Å². The van der Waals surface area contributed by atoms with Gasteiger partial charge in [-0.15, -0.1) is 0 Å². The van der Waals surface area contributed by atoms with Crippen LogP contribution in [0, 0.1) is 0 Å². The van der Waals surface area contributed by atoms with E-state index in [0.717, 1.165) is 12.1 Å². The quantitative estimate of drug-likeness (QED) is 0.333. The van der Waals surface area contributed by atoms with Gasteiger partial charge in [-0.2, -0.15) is 13.2 Å². The summed E-state index contributed by atoms with van der Waals surface area (Å²) in [5.41, 5.74) is 1.84. The van der Waals surface area contributed by atoms with Crippen LogP contribution >= 0.6 is 0 Å². The summed E-state index contributed by atoms with van der Waals surface area (Å²) >= 11 is 0. The maximum Gasteiger partial charge on any atom is 0.419 e. The van der Waals surface area contributed by atoms with E-state index >= 15 is 0 Å². The van der Waals surface area contributed by atoms with Gasteiger partial charge in [-0.05, 0) is 70.7 Å². The maximum atomic E-state index is 13.8. The van der Waals surface area contributed by atoms with Crippen molar-refractivity contribution in [3.63, 3.8) is 0 Å². The molecule has 0 atom stereocenters. The van der Waals surface area contributed by atoms with E-state index in [1.807, 2.05) is 6.92 Å². The Bertz CT molecular complexity index is 1130. The summed E-state index contributed by atoms with van der Waals surface area (Å²) in [4.78, 5) is 10.8. The molecule has 0 radical (unpaired) electrons. The molecule has 3 aromatic rings. The van der Waals surface area contributed by atoms with Crippen LogP contribution in [0.1, 0.15) is 42.0 Å². The van der Waals surface area contributed by atoms with E-state index in [0.29, 0.717) is 40.7 Å². The second kappa shape index (κ2) is 10.3. The lowest BCUT2D eigenvalue weighted by atomic mass is 9.86. The summed E-state index contributed by atoms with van der Waals surface area (Å²) in [6.45, 7) is 1.01. The van der Waals surface area contributed by atoms with Gasteiger partial charge in [-0.1, -0.05) is 43.7 Å². The van der Waals surface area contributed by atoms with E-state index in [4.69, 9.17) is 9.84 Å². The van der Waals surface area contributed by atoms with Crippen molar-refractivity contribution in [2.45, 2.75) is 25.9 Å². The summed E-state index contributed by atoms with van der Waals surface area (Å²) in [7, 11) is 0. The van der Waals surface area contributed by atoms with E-state index in [1.165, 1.54) is 30.3 Å². The van der Waals surface area contributed by atoms with Gasteiger partial charge >= 0.3 is 12.1 Å². The predicted molar refractivity (Wildman–Crippen MR) is 122 cm³/mol. The van der Waals surface area contributed by atoms with Crippen LogP contribution < -0.4 is 4.74 Å². The Balaban J connectivity index is 2.28. The number of aromatic hydroxyl groups is 2. The average molecular weight is 472 g/mol. The van der Waals surface area contributed by atoms with Crippen LogP contribution in [0.4, 0.5) is 13.2 Å². The van der Waals surface area contributed by atoms with Crippen molar-refractivity contribution in [1.29, 1.82) is 0 Å². The highest BCUT2D eigenvalue weighted by Crippen LogP contribution is 2.41. The number of rotatable bonds is 8. The van der Waals surface area contributed by atoms with Crippen LogP contribution in [-0.2, 0) is 11.0 Å². The second-order valence-corrected chi connectivity index (χ2v) is 7.59. The second-order valence-electron chi connectivity index (χ2n) is 7.59. The molecule has 0 saturated carbocycles. The molecule has 0 fully saturated rings. The van der Waals surface area contributed by atoms with Gasteiger partial charge in [-0.25, -0.2) is 4.79 Å². The molecule has 0 bridgehead atoms. The zero-order valence-electron chi connectivity index (χ0n) is 18.3. The van der Waals surface area contributed by atoms with Crippen molar-refractivity contribution in [3.8, 4) is 17.2 Å². The Morgan fingerprint density at radius 1 is 0.853 bits per heavy atom. The molecule has 0 saturated heterocycles. The van der Waals surface area contributed by atoms with Gasteiger partial charge in [-0.3, -0.25) is 0 Å². The molecule has 3 aromatic carbocycles. The topological polar surface area (TPSA) is 87.0 Å². The van der Waals surface area contributed by atoms with Crippen LogP contribution in [0.5, 0.6) is 17.2 Å². The summed E-state index contributed by atoms with van der Waals surface area (Å²) in [5, 5.41) is 28.2. The average Bonchev–Trinajstić information content (AvgIpc) is 2.79. The molecular weight excluding hydrogens is 449 g/mol. The molecular formula is C26H23F3O5. The molecule has 0 amide bonds. The zero-order chi connectivity index (χ0) is 24.9. The molecule has 0 aliphatic heterocycles. The van der Waals surface area contributed by atoms with Gasteiger partial charge < -0.3 is 20.1 Å². The SMILES string of the molecule is CCCC(=C(c1ccc(O)cc1)c1ccc(O)cc1)c1ccc(OCC(=O)O)c(C(F)(F)F)c1. The van der Waals surface area contributed by atoms with Gasteiger partial charge in [0, 0.05) is 0 Å². The number of halogens is 3. The smallest absolute Gasteiger partial charge is 0.419 e. The normalized spacial score (nSPS) is 11.2. The Hall–Kier alpha value is -3.94. The van der Waals surface area contributed by atoms with Crippen molar-refractivity contribution < 1.29 is 38.0 Å². The number of hydrogen-bond acceptors (Lipinski definition) is 4. The number of phenolic OH excluding ortho intramolecular Hbond substituents is 2. The van der Waals surface area contributed by atoms with E-state index in [2.05, 4.69) is 0 Å². The highest BCUT2D eigenvalue weighted by Gasteiger charge is 2.35. The number of ether oxygens (including phenoxy) is 1. The Morgan fingerprint density at radius 3 is 1.79 bits per heavy atom. The van der Waals surface area contributed by atoms with Crippen LogP contribution in [0.2, 0.25) is 0 Å². The maximum absolute atomic E-state index is 13.8. The highest BCUT2D eigenvalue weighted by atomic mass is 19.4. The fourth-order valence-electron chi connectivity index (χ4n) is 3.64. The number of phenols is 2. The molecule has 0 aliphatic rings. The lowest BCUT2D eigenvalue weighted by molar-refractivity contribution is -0.143. The number of alkyl halides is 3. The minimum Gasteiger partial charge on any atom is -0.508 e. The lowest BCUT2D eigenvalue weighted by Gasteiger charge is -2.20. The van der Waals surface area contributed by atoms with Crippen molar-refractivity contribution in [2.24, 2.45) is 0 Å². The Kier molecular flexibility index (Phi) is 7.50. The third-order valence-electron chi connectivity index (χ3n) is 5.10. The van der Waals surface area contributed by atoms with Crippen LogP contribution in [-0.4, -0.2) is 27.9 Å². The van der Waals surface area contributed by atoms with Gasteiger partial charge in [0.1, 0.15) is 17.2 Å². The number of carbonyl (C=O) groups is 1. The van der Waals surface area contributed by atoms with Gasteiger partial charge in [0.05, 0.1) is 5.56 Å². The Morgan fingerprint density at radius 2 is 1.35 bits per heavy atom. The minimum atomic E-state index is -4.77. The summed E-state index contributed by atoms with van der Waals surface area (Å²) in [6.07, 6.45) is -3.70. The number of aliphatic carboxylic acids is 1. The monoisotopic (exact) mass is 472 g/mol. The first kappa shape index (κ1) is 24.7. The van der Waals surface area contributed by atoms with E-state index < -0.39 is 30.1 Å². The third kappa shape index (κ3) is 5.89. The van der Waals surface area contributed by atoms with Crippen LogP contribution in [0.25, 0.3) is 11.1 Å². The van der Waals surface area contributed by atoms with E-state index in [-0.39, 0.29) is 11.5 Å². The first-order chi connectivity index (χ1) is 16.1.